The lowest BCUT2D eigenvalue weighted by atomic mass is 9.82. The van der Waals surface area contributed by atoms with Crippen molar-refractivity contribution in [3.63, 3.8) is 0 Å². The van der Waals surface area contributed by atoms with Crippen LogP contribution < -0.4 is 11.1 Å². The summed E-state index contributed by atoms with van der Waals surface area (Å²) in [6.07, 6.45) is 3.49. The summed E-state index contributed by atoms with van der Waals surface area (Å²) in [4.78, 5) is 41.9. The molecule has 2 aliphatic rings. The molecule has 3 amide bonds. The average molecular weight is 485 g/mol. The molecule has 7 nitrogen and oxygen atoms in total. The molecule has 1 saturated heterocycles. The van der Waals surface area contributed by atoms with Gasteiger partial charge in [-0.05, 0) is 36.6 Å². The van der Waals surface area contributed by atoms with Crippen LogP contribution in [-0.2, 0) is 9.59 Å². The highest BCUT2D eigenvalue weighted by Gasteiger charge is 2.38. The number of hydrogen-bond donors (Lipinski definition) is 2. The second-order valence-corrected chi connectivity index (χ2v) is 9.17. The summed E-state index contributed by atoms with van der Waals surface area (Å²) in [6, 6.07) is 11.2. The van der Waals surface area contributed by atoms with Crippen LogP contribution >= 0.6 is 0 Å². The van der Waals surface area contributed by atoms with E-state index in [2.05, 4.69) is 10.2 Å². The zero-order valence-corrected chi connectivity index (χ0v) is 19.5. The molecular weight excluding hydrogens is 454 g/mol. The molecule has 35 heavy (non-hydrogen) atoms. The Hall–Kier alpha value is -3.33. The van der Waals surface area contributed by atoms with Crippen LogP contribution in [0.5, 0.6) is 0 Å². The predicted molar refractivity (Wildman–Crippen MR) is 126 cm³/mol. The smallest absolute Gasteiger partial charge is 0.254 e. The molecule has 0 unspecified atom stereocenters. The maximum atomic E-state index is 13.6. The van der Waals surface area contributed by atoms with Crippen LogP contribution in [0.25, 0.3) is 0 Å². The molecule has 0 aromatic heterocycles. The Kier molecular flexibility index (Phi) is 7.75. The van der Waals surface area contributed by atoms with E-state index in [0.717, 1.165) is 31.4 Å². The van der Waals surface area contributed by atoms with Gasteiger partial charge >= 0.3 is 0 Å². The fourth-order valence-corrected chi connectivity index (χ4v) is 5.14. The molecule has 1 aliphatic heterocycles. The number of halogens is 2. The van der Waals surface area contributed by atoms with Crippen molar-refractivity contribution < 1.29 is 23.2 Å². The molecule has 1 saturated carbocycles. The minimum absolute atomic E-state index is 0.00596. The van der Waals surface area contributed by atoms with Crippen LogP contribution in [0.4, 0.5) is 8.78 Å². The van der Waals surface area contributed by atoms with Crippen molar-refractivity contribution >= 4 is 17.7 Å². The van der Waals surface area contributed by atoms with Gasteiger partial charge in [0, 0.05) is 37.8 Å². The van der Waals surface area contributed by atoms with E-state index in [-0.39, 0.29) is 29.3 Å². The highest BCUT2D eigenvalue weighted by atomic mass is 19.2. The van der Waals surface area contributed by atoms with Crippen molar-refractivity contribution in [2.45, 2.75) is 37.8 Å². The number of rotatable bonds is 6. The quantitative estimate of drug-likeness (QED) is 0.659. The Labute approximate surface area is 203 Å². The lowest BCUT2D eigenvalue weighted by molar-refractivity contribution is -0.133. The largest absolute Gasteiger partial charge is 0.368 e. The van der Waals surface area contributed by atoms with Gasteiger partial charge in [-0.15, -0.1) is 0 Å². The summed E-state index contributed by atoms with van der Waals surface area (Å²) < 4.78 is 26.8. The first-order valence-electron chi connectivity index (χ1n) is 12.0. The van der Waals surface area contributed by atoms with Gasteiger partial charge in [0.25, 0.3) is 5.91 Å². The van der Waals surface area contributed by atoms with E-state index < -0.39 is 23.6 Å². The molecule has 4 rings (SSSR count). The van der Waals surface area contributed by atoms with Crippen molar-refractivity contribution in [2.75, 3.05) is 26.2 Å². The number of hydrogen-bond acceptors (Lipinski definition) is 4. The molecule has 1 aliphatic carbocycles. The number of nitrogens with one attached hydrogen (secondary N) is 1. The fraction of sp³-hybridized carbons (Fsp3) is 0.423. The number of primary amides is 1. The number of nitrogens with two attached hydrogens (primary N) is 1. The van der Waals surface area contributed by atoms with E-state index in [0.29, 0.717) is 38.2 Å². The van der Waals surface area contributed by atoms with Gasteiger partial charge in [-0.1, -0.05) is 43.2 Å². The molecule has 186 valence electrons. The molecule has 2 aromatic rings. The second kappa shape index (κ2) is 10.9. The van der Waals surface area contributed by atoms with Crippen molar-refractivity contribution in [3.8, 4) is 0 Å². The predicted octanol–water partition coefficient (Wildman–Crippen LogP) is 2.62. The molecular formula is C26H30F2N4O3. The van der Waals surface area contributed by atoms with E-state index in [9.17, 15) is 23.2 Å². The van der Waals surface area contributed by atoms with Crippen LogP contribution in [0, 0.1) is 17.6 Å². The van der Waals surface area contributed by atoms with Crippen LogP contribution in [0.2, 0.25) is 0 Å². The zero-order valence-electron chi connectivity index (χ0n) is 19.5. The number of nitrogens with zero attached hydrogens (tertiary/aromatic N) is 2. The summed E-state index contributed by atoms with van der Waals surface area (Å²) in [5.41, 5.74) is 6.35. The van der Waals surface area contributed by atoms with E-state index in [1.165, 1.54) is 6.07 Å². The van der Waals surface area contributed by atoms with E-state index >= 15 is 0 Å². The molecule has 1 heterocycles. The molecule has 3 N–H and O–H groups in total. The molecule has 0 bridgehead atoms. The van der Waals surface area contributed by atoms with Crippen LogP contribution in [0.3, 0.4) is 0 Å². The Morgan fingerprint density at radius 3 is 2.26 bits per heavy atom. The topological polar surface area (TPSA) is 95.7 Å². The summed E-state index contributed by atoms with van der Waals surface area (Å²) >= 11 is 0. The first-order chi connectivity index (χ1) is 16.8. The highest BCUT2D eigenvalue weighted by Crippen LogP contribution is 2.30. The van der Waals surface area contributed by atoms with Gasteiger partial charge < -0.3 is 16.0 Å². The molecule has 3 atom stereocenters. The van der Waals surface area contributed by atoms with Crippen LogP contribution in [-0.4, -0.2) is 59.7 Å². The molecule has 0 spiro atoms. The Morgan fingerprint density at radius 1 is 0.914 bits per heavy atom. The van der Waals surface area contributed by atoms with Gasteiger partial charge in [-0.3, -0.25) is 19.3 Å². The standard InChI is InChI=1S/C26H30F2N4O3/c27-20-11-10-18(16-21(20)28)26(35)32-14-12-31(13-15-32)22-9-5-4-8-19(22)25(34)30-23(24(29)33)17-6-2-1-3-7-17/h1-3,6-7,10-11,16,19,22-23H,4-5,8-9,12-15H2,(H2,29,33)(H,30,34)/t19-,22-,23+/m1/s1. The van der Waals surface area contributed by atoms with E-state index in [1.54, 1.807) is 29.2 Å². The number of carbonyl (C=O) groups excluding carboxylic acids is 3. The minimum Gasteiger partial charge on any atom is -0.368 e. The maximum absolute atomic E-state index is 13.6. The monoisotopic (exact) mass is 484 g/mol. The number of piperazine rings is 1. The van der Waals surface area contributed by atoms with Gasteiger partial charge in [-0.25, -0.2) is 8.78 Å². The molecule has 9 heteroatoms. The Bertz CT molecular complexity index is 1070. The van der Waals surface area contributed by atoms with Gasteiger partial charge in [0.2, 0.25) is 11.8 Å². The molecule has 0 radical (unpaired) electrons. The van der Waals surface area contributed by atoms with Crippen molar-refractivity contribution in [1.29, 1.82) is 0 Å². The third-order valence-corrected chi connectivity index (χ3v) is 7.01. The van der Waals surface area contributed by atoms with Crippen LogP contribution in [0.1, 0.15) is 47.6 Å². The van der Waals surface area contributed by atoms with Crippen molar-refractivity contribution in [3.05, 3.63) is 71.3 Å². The Balaban J connectivity index is 1.40. The zero-order chi connectivity index (χ0) is 24.9. The fourth-order valence-electron chi connectivity index (χ4n) is 5.14. The first-order valence-corrected chi connectivity index (χ1v) is 12.0. The van der Waals surface area contributed by atoms with Crippen molar-refractivity contribution in [1.82, 2.24) is 15.1 Å². The normalized spacial score (nSPS) is 21.8. The summed E-state index contributed by atoms with van der Waals surface area (Å²) in [6.45, 7) is 2.00. The van der Waals surface area contributed by atoms with Crippen molar-refractivity contribution in [2.24, 2.45) is 11.7 Å². The number of carbonyl (C=O) groups is 3. The van der Waals surface area contributed by atoms with Gasteiger partial charge in [0.05, 0.1) is 5.92 Å². The van der Waals surface area contributed by atoms with Crippen LogP contribution in [0.15, 0.2) is 48.5 Å². The average Bonchev–Trinajstić information content (AvgIpc) is 2.88. The minimum atomic E-state index is -1.05. The first kappa shape index (κ1) is 24.8. The third-order valence-electron chi connectivity index (χ3n) is 7.01. The van der Waals surface area contributed by atoms with E-state index in [4.69, 9.17) is 5.73 Å². The SMILES string of the molecule is NC(=O)[C@@H](NC(=O)[C@@H]1CCCC[C@H]1N1CCN(C(=O)c2ccc(F)c(F)c2)CC1)c1ccccc1. The third kappa shape index (κ3) is 5.67. The van der Waals surface area contributed by atoms with Gasteiger partial charge in [0.15, 0.2) is 11.6 Å². The maximum Gasteiger partial charge on any atom is 0.254 e. The van der Waals surface area contributed by atoms with E-state index in [1.807, 2.05) is 6.07 Å². The number of amides is 3. The second-order valence-electron chi connectivity index (χ2n) is 9.17. The number of benzene rings is 2. The lowest BCUT2D eigenvalue weighted by Gasteiger charge is -2.44. The summed E-state index contributed by atoms with van der Waals surface area (Å²) in [7, 11) is 0. The molecule has 2 aromatic carbocycles. The van der Waals surface area contributed by atoms with Gasteiger partial charge in [0.1, 0.15) is 6.04 Å². The lowest BCUT2D eigenvalue weighted by Crippen LogP contribution is -2.56. The Morgan fingerprint density at radius 2 is 1.60 bits per heavy atom. The summed E-state index contributed by atoms with van der Waals surface area (Å²) in [5, 5.41) is 2.86. The highest BCUT2D eigenvalue weighted by molar-refractivity contribution is 5.94. The van der Waals surface area contributed by atoms with Gasteiger partial charge in [-0.2, -0.15) is 0 Å². The summed E-state index contributed by atoms with van der Waals surface area (Å²) in [5.74, 6) is -3.46. The molecule has 2 fully saturated rings.